The second-order valence-electron chi connectivity index (χ2n) is 4.97. The van der Waals surface area contributed by atoms with Gasteiger partial charge in [0.25, 0.3) is 5.91 Å². The minimum Gasteiger partial charge on any atom is -0.271 e. The molecule has 0 fully saturated rings. The number of carbonyl (C=O) groups is 1. The van der Waals surface area contributed by atoms with E-state index in [-0.39, 0.29) is 12.5 Å². The Balaban J connectivity index is 1.67. The summed E-state index contributed by atoms with van der Waals surface area (Å²) >= 11 is 5.85. The molecular weight excluding hydrogens is 314 g/mol. The number of nitrogens with one attached hydrogen (secondary N) is 1. The molecule has 0 saturated heterocycles. The Kier molecular flexibility index (Phi) is 4.34. The minimum atomic E-state index is -0.269. The van der Waals surface area contributed by atoms with Crippen LogP contribution in [0.5, 0.6) is 0 Å². The Morgan fingerprint density at radius 1 is 1.22 bits per heavy atom. The SMILES string of the molecule is C/C(=N\NC(=O)Cn1nnc2ccccc21)c1ccc(Cl)cc1. The number of rotatable bonds is 4. The van der Waals surface area contributed by atoms with Gasteiger partial charge >= 0.3 is 0 Å². The largest absolute Gasteiger partial charge is 0.271 e. The van der Waals surface area contributed by atoms with E-state index in [1.54, 1.807) is 12.1 Å². The molecule has 0 saturated carbocycles. The van der Waals surface area contributed by atoms with E-state index in [1.165, 1.54) is 4.68 Å². The Morgan fingerprint density at radius 3 is 2.74 bits per heavy atom. The van der Waals surface area contributed by atoms with Gasteiger partial charge in [0, 0.05) is 5.02 Å². The van der Waals surface area contributed by atoms with Gasteiger partial charge in [-0.2, -0.15) is 5.10 Å². The zero-order valence-electron chi connectivity index (χ0n) is 12.4. The number of carbonyl (C=O) groups excluding carboxylic acids is 1. The fourth-order valence-electron chi connectivity index (χ4n) is 2.11. The van der Waals surface area contributed by atoms with Crippen LogP contribution in [0.1, 0.15) is 12.5 Å². The lowest BCUT2D eigenvalue weighted by atomic mass is 10.1. The topological polar surface area (TPSA) is 72.2 Å². The molecule has 0 radical (unpaired) electrons. The first kappa shape index (κ1) is 15.2. The van der Waals surface area contributed by atoms with Gasteiger partial charge in [0.2, 0.25) is 0 Å². The highest BCUT2D eigenvalue weighted by Crippen LogP contribution is 2.10. The predicted octanol–water partition coefficient (Wildman–Crippen LogP) is 2.63. The molecule has 3 rings (SSSR count). The van der Waals surface area contributed by atoms with E-state index >= 15 is 0 Å². The molecule has 3 aromatic rings. The zero-order chi connectivity index (χ0) is 16.2. The van der Waals surface area contributed by atoms with Crippen LogP contribution in [-0.2, 0) is 11.3 Å². The van der Waals surface area contributed by atoms with Crippen molar-refractivity contribution in [2.24, 2.45) is 5.10 Å². The third-order valence-electron chi connectivity index (χ3n) is 3.32. The van der Waals surface area contributed by atoms with Crippen molar-refractivity contribution in [1.82, 2.24) is 20.4 Å². The lowest BCUT2D eigenvalue weighted by molar-refractivity contribution is -0.121. The molecule has 1 heterocycles. The minimum absolute atomic E-state index is 0.0535. The molecule has 0 aliphatic carbocycles. The molecule has 7 heteroatoms. The summed E-state index contributed by atoms with van der Waals surface area (Å²) < 4.78 is 1.54. The van der Waals surface area contributed by atoms with E-state index < -0.39 is 0 Å². The van der Waals surface area contributed by atoms with Crippen molar-refractivity contribution in [3.05, 3.63) is 59.1 Å². The van der Waals surface area contributed by atoms with Gasteiger partial charge in [-0.25, -0.2) is 10.1 Å². The van der Waals surface area contributed by atoms with Crippen LogP contribution in [0, 0.1) is 0 Å². The van der Waals surface area contributed by atoms with E-state index in [4.69, 9.17) is 11.6 Å². The first-order valence-electron chi connectivity index (χ1n) is 7.01. The van der Waals surface area contributed by atoms with E-state index in [0.29, 0.717) is 10.7 Å². The van der Waals surface area contributed by atoms with E-state index in [9.17, 15) is 4.79 Å². The average molecular weight is 328 g/mol. The summed E-state index contributed by atoms with van der Waals surface area (Å²) in [6.45, 7) is 1.87. The van der Waals surface area contributed by atoms with Crippen molar-refractivity contribution in [3.8, 4) is 0 Å². The fourth-order valence-corrected chi connectivity index (χ4v) is 2.23. The van der Waals surface area contributed by atoms with Crippen LogP contribution in [0.4, 0.5) is 0 Å². The molecule has 6 nitrogen and oxygen atoms in total. The lowest BCUT2D eigenvalue weighted by Gasteiger charge is -2.04. The van der Waals surface area contributed by atoms with Crippen molar-refractivity contribution < 1.29 is 4.79 Å². The molecule has 0 atom stereocenters. The standard InChI is InChI=1S/C16H14ClN5O/c1-11(12-6-8-13(17)9-7-12)18-20-16(23)10-22-15-5-3-2-4-14(15)19-21-22/h2-9H,10H2,1H3,(H,20,23)/b18-11+. The predicted molar refractivity (Wildman–Crippen MR) is 89.3 cm³/mol. The van der Waals surface area contributed by atoms with Gasteiger partial charge in [0.05, 0.1) is 11.2 Å². The molecule has 0 aliphatic heterocycles. The second-order valence-corrected chi connectivity index (χ2v) is 5.41. The normalized spacial score (nSPS) is 11.7. The smallest absolute Gasteiger partial charge is 0.261 e. The molecule has 0 bridgehead atoms. The molecular formula is C16H14ClN5O. The van der Waals surface area contributed by atoms with Gasteiger partial charge in [-0.15, -0.1) is 5.10 Å². The monoisotopic (exact) mass is 327 g/mol. The first-order valence-corrected chi connectivity index (χ1v) is 7.38. The Morgan fingerprint density at radius 2 is 1.96 bits per heavy atom. The van der Waals surface area contributed by atoms with Crippen LogP contribution in [0.3, 0.4) is 0 Å². The number of para-hydroxylation sites is 1. The highest BCUT2D eigenvalue weighted by Gasteiger charge is 2.08. The molecule has 1 aromatic heterocycles. The summed E-state index contributed by atoms with van der Waals surface area (Å²) in [7, 11) is 0. The highest BCUT2D eigenvalue weighted by molar-refractivity contribution is 6.30. The number of halogens is 1. The third-order valence-corrected chi connectivity index (χ3v) is 3.58. The number of benzene rings is 2. The van der Waals surface area contributed by atoms with Gasteiger partial charge in [-0.05, 0) is 36.8 Å². The van der Waals surface area contributed by atoms with Crippen LogP contribution in [-0.4, -0.2) is 26.6 Å². The number of aromatic nitrogens is 3. The summed E-state index contributed by atoms with van der Waals surface area (Å²) in [4.78, 5) is 12.0. The summed E-state index contributed by atoms with van der Waals surface area (Å²) in [6, 6.07) is 14.7. The zero-order valence-corrected chi connectivity index (χ0v) is 13.2. The van der Waals surface area contributed by atoms with Crippen molar-refractivity contribution in [2.45, 2.75) is 13.5 Å². The van der Waals surface area contributed by atoms with Gasteiger partial charge in [0.1, 0.15) is 12.1 Å². The first-order chi connectivity index (χ1) is 11.1. The Hall–Kier alpha value is -2.73. The van der Waals surface area contributed by atoms with Crippen molar-refractivity contribution in [2.75, 3.05) is 0 Å². The Bertz CT molecular complexity index is 870. The van der Waals surface area contributed by atoms with Crippen LogP contribution < -0.4 is 5.43 Å². The number of fused-ring (bicyclic) bond motifs is 1. The average Bonchev–Trinajstić information content (AvgIpc) is 2.96. The lowest BCUT2D eigenvalue weighted by Crippen LogP contribution is -2.24. The van der Waals surface area contributed by atoms with Crippen molar-refractivity contribution in [1.29, 1.82) is 0 Å². The maximum Gasteiger partial charge on any atom is 0.261 e. The second kappa shape index (κ2) is 6.58. The van der Waals surface area contributed by atoms with E-state index in [1.807, 2.05) is 43.3 Å². The summed E-state index contributed by atoms with van der Waals surface area (Å²) in [5, 5.41) is 12.7. The van der Waals surface area contributed by atoms with Crippen LogP contribution in [0.2, 0.25) is 5.02 Å². The van der Waals surface area contributed by atoms with Crippen LogP contribution in [0.25, 0.3) is 11.0 Å². The molecule has 0 unspecified atom stereocenters. The number of nitrogens with zero attached hydrogens (tertiary/aromatic N) is 4. The van der Waals surface area contributed by atoms with Crippen LogP contribution >= 0.6 is 11.6 Å². The quantitative estimate of drug-likeness (QED) is 0.591. The third kappa shape index (κ3) is 3.54. The van der Waals surface area contributed by atoms with Gasteiger partial charge in [-0.3, -0.25) is 4.79 Å². The van der Waals surface area contributed by atoms with Gasteiger partial charge in [-0.1, -0.05) is 41.1 Å². The summed E-state index contributed by atoms with van der Waals surface area (Å²) in [6.07, 6.45) is 0. The highest BCUT2D eigenvalue weighted by atomic mass is 35.5. The van der Waals surface area contributed by atoms with Crippen molar-refractivity contribution >= 4 is 34.3 Å². The number of amides is 1. The number of hydrogen-bond donors (Lipinski definition) is 1. The molecule has 1 amide bonds. The maximum absolute atomic E-state index is 12.0. The fraction of sp³-hybridized carbons (Fsp3) is 0.125. The van der Waals surface area contributed by atoms with Crippen molar-refractivity contribution in [3.63, 3.8) is 0 Å². The van der Waals surface area contributed by atoms with Gasteiger partial charge < -0.3 is 0 Å². The van der Waals surface area contributed by atoms with E-state index in [2.05, 4.69) is 20.8 Å². The molecule has 23 heavy (non-hydrogen) atoms. The molecule has 0 spiro atoms. The molecule has 0 aliphatic rings. The van der Waals surface area contributed by atoms with E-state index in [0.717, 1.165) is 16.6 Å². The molecule has 1 N–H and O–H groups in total. The summed E-state index contributed by atoms with van der Waals surface area (Å²) in [5.74, 6) is -0.269. The molecule has 2 aromatic carbocycles. The summed E-state index contributed by atoms with van der Waals surface area (Å²) in [5.41, 5.74) is 5.67. The van der Waals surface area contributed by atoms with Crippen LogP contribution in [0.15, 0.2) is 53.6 Å². The maximum atomic E-state index is 12.0. The van der Waals surface area contributed by atoms with Gasteiger partial charge in [0.15, 0.2) is 0 Å². The number of hydrazone groups is 1. The number of hydrogen-bond acceptors (Lipinski definition) is 4. The Labute approximate surface area is 137 Å². The molecule has 116 valence electrons.